The molecule has 20 heavy (non-hydrogen) atoms. The van der Waals surface area contributed by atoms with Crippen LogP contribution in [0.15, 0.2) is 0 Å². The first-order chi connectivity index (χ1) is 9.36. The fourth-order valence-electron chi connectivity index (χ4n) is 1.56. The molecule has 0 aromatic heterocycles. The molecule has 0 aliphatic heterocycles. The van der Waals surface area contributed by atoms with Gasteiger partial charge in [-0.3, -0.25) is 13.8 Å². The van der Waals surface area contributed by atoms with E-state index in [-0.39, 0.29) is 6.10 Å². The lowest BCUT2D eigenvalue weighted by molar-refractivity contribution is -0.153. The third-order valence-electron chi connectivity index (χ3n) is 3.17. The molecule has 0 rings (SSSR count). The summed E-state index contributed by atoms with van der Waals surface area (Å²) in [4.78, 5) is 12.1. The molecule has 7 heteroatoms. The molecule has 0 fully saturated rings. The standard InChI is InChI=1S/C13H28NO5P/c1-7-10-18-20(16,17-6)14(5)11(4)13(15)19-12(8-2)9-3/h11-12H,7-10H2,1-6H3. The topological polar surface area (TPSA) is 65.1 Å². The second kappa shape index (κ2) is 9.50. The summed E-state index contributed by atoms with van der Waals surface area (Å²) < 4.78 is 29.4. The number of hydrogen-bond acceptors (Lipinski definition) is 5. The Morgan fingerprint density at radius 3 is 2.20 bits per heavy atom. The summed E-state index contributed by atoms with van der Waals surface area (Å²) in [6, 6.07) is -0.696. The van der Waals surface area contributed by atoms with Gasteiger partial charge in [-0.15, -0.1) is 0 Å². The summed E-state index contributed by atoms with van der Waals surface area (Å²) in [5.74, 6) is -0.418. The molecule has 0 aliphatic rings. The van der Waals surface area contributed by atoms with Gasteiger partial charge < -0.3 is 4.74 Å². The largest absolute Gasteiger partial charge is 0.461 e. The van der Waals surface area contributed by atoms with Gasteiger partial charge in [0.25, 0.3) is 0 Å². The van der Waals surface area contributed by atoms with E-state index >= 15 is 0 Å². The van der Waals surface area contributed by atoms with Gasteiger partial charge in [-0.25, -0.2) is 4.57 Å². The maximum Gasteiger partial charge on any atom is 0.408 e. The van der Waals surface area contributed by atoms with E-state index in [2.05, 4.69) is 0 Å². The number of carbonyl (C=O) groups excluding carboxylic acids is 1. The third-order valence-corrected chi connectivity index (χ3v) is 5.26. The van der Waals surface area contributed by atoms with E-state index in [9.17, 15) is 9.36 Å². The lowest BCUT2D eigenvalue weighted by Gasteiger charge is -2.30. The molecule has 0 spiro atoms. The number of hydrogen-bond donors (Lipinski definition) is 0. The lowest BCUT2D eigenvalue weighted by atomic mass is 10.2. The van der Waals surface area contributed by atoms with Crippen molar-refractivity contribution >= 4 is 13.7 Å². The Hall–Kier alpha value is -0.420. The first-order valence-electron chi connectivity index (χ1n) is 7.10. The van der Waals surface area contributed by atoms with Gasteiger partial charge in [0.2, 0.25) is 0 Å². The first kappa shape index (κ1) is 19.6. The maximum absolute atomic E-state index is 12.5. The quantitative estimate of drug-likeness (QED) is 0.456. The zero-order valence-corrected chi connectivity index (χ0v) is 14.3. The van der Waals surface area contributed by atoms with Crippen molar-refractivity contribution in [2.45, 2.75) is 59.1 Å². The molecular formula is C13H28NO5P. The maximum atomic E-state index is 12.5. The van der Waals surface area contributed by atoms with Gasteiger partial charge in [-0.1, -0.05) is 20.8 Å². The Morgan fingerprint density at radius 1 is 1.25 bits per heavy atom. The van der Waals surface area contributed by atoms with Crippen LogP contribution in [-0.4, -0.2) is 43.5 Å². The highest BCUT2D eigenvalue weighted by molar-refractivity contribution is 7.51. The van der Waals surface area contributed by atoms with Gasteiger partial charge in [-0.2, -0.15) is 4.67 Å². The molecule has 0 heterocycles. The second-order valence-electron chi connectivity index (χ2n) is 4.61. The molecule has 0 N–H and O–H groups in total. The number of esters is 1. The van der Waals surface area contributed by atoms with Gasteiger partial charge >= 0.3 is 13.7 Å². The molecular weight excluding hydrogens is 281 g/mol. The molecule has 0 radical (unpaired) electrons. The molecule has 0 bridgehead atoms. The highest BCUT2D eigenvalue weighted by Gasteiger charge is 2.37. The molecule has 6 nitrogen and oxygen atoms in total. The summed E-state index contributed by atoms with van der Waals surface area (Å²) in [7, 11) is -0.594. The molecule has 2 unspecified atom stereocenters. The third kappa shape index (κ3) is 5.52. The van der Waals surface area contributed by atoms with E-state index in [0.29, 0.717) is 13.0 Å². The predicted octanol–water partition coefficient (Wildman–Crippen LogP) is 3.22. The molecule has 2 atom stereocenters. The Morgan fingerprint density at radius 2 is 1.80 bits per heavy atom. The number of likely N-dealkylation sites (N-methyl/N-ethyl adjacent to an activating group) is 1. The van der Waals surface area contributed by atoms with Crippen molar-refractivity contribution in [3.05, 3.63) is 0 Å². The van der Waals surface area contributed by atoms with E-state index in [1.54, 1.807) is 14.0 Å². The van der Waals surface area contributed by atoms with Crippen molar-refractivity contribution in [1.29, 1.82) is 0 Å². The summed E-state index contributed by atoms with van der Waals surface area (Å²) >= 11 is 0. The van der Waals surface area contributed by atoms with Crippen LogP contribution in [0.5, 0.6) is 0 Å². The van der Waals surface area contributed by atoms with Gasteiger partial charge in [0.15, 0.2) is 0 Å². The average Bonchev–Trinajstić information content (AvgIpc) is 2.48. The van der Waals surface area contributed by atoms with E-state index < -0.39 is 19.8 Å². The lowest BCUT2D eigenvalue weighted by Crippen LogP contribution is -2.37. The summed E-state index contributed by atoms with van der Waals surface area (Å²) in [5.41, 5.74) is 0. The van der Waals surface area contributed by atoms with Crippen molar-refractivity contribution in [2.24, 2.45) is 0 Å². The van der Waals surface area contributed by atoms with Crippen molar-refractivity contribution in [2.75, 3.05) is 20.8 Å². The van der Waals surface area contributed by atoms with E-state index in [1.807, 2.05) is 20.8 Å². The van der Waals surface area contributed by atoms with Crippen LogP contribution in [0.25, 0.3) is 0 Å². The fraction of sp³-hybridized carbons (Fsp3) is 0.923. The van der Waals surface area contributed by atoms with Crippen molar-refractivity contribution in [3.8, 4) is 0 Å². The van der Waals surface area contributed by atoms with Gasteiger partial charge in [0.1, 0.15) is 12.1 Å². The molecule has 0 amide bonds. The Kier molecular flexibility index (Phi) is 9.30. The van der Waals surface area contributed by atoms with E-state index in [4.69, 9.17) is 13.8 Å². The van der Waals surface area contributed by atoms with E-state index in [1.165, 1.54) is 11.8 Å². The molecule has 0 saturated heterocycles. The van der Waals surface area contributed by atoms with Crippen molar-refractivity contribution < 1.29 is 23.1 Å². The molecule has 0 aromatic carbocycles. The molecule has 0 aromatic rings. The van der Waals surface area contributed by atoms with Gasteiger partial charge in [0.05, 0.1) is 6.61 Å². The monoisotopic (exact) mass is 309 g/mol. The highest BCUT2D eigenvalue weighted by Crippen LogP contribution is 2.51. The van der Waals surface area contributed by atoms with Crippen LogP contribution in [0.4, 0.5) is 0 Å². The summed E-state index contributed by atoms with van der Waals surface area (Å²) in [6.07, 6.45) is 2.12. The average molecular weight is 309 g/mol. The first-order valence-corrected chi connectivity index (χ1v) is 8.59. The predicted molar refractivity (Wildman–Crippen MR) is 78.5 cm³/mol. The van der Waals surface area contributed by atoms with Crippen molar-refractivity contribution in [3.63, 3.8) is 0 Å². The normalized spacial score (nSPS) is 16.2. The SMILES string of the molecule is CCCOP(=O)(OC)N(C)C(C)C(=O)OC(CC)CC. The smallest absolute Gasteiger partial charge is 0.408 e. The molecule has 120 valence electrons. The second-order valence-corrected chi connectivity index (χ2v) is 6.80. The van der Waals surface area contributed by atoms with Crippen LogP contribution in [0.2, 0.25) is 0 Å². The Labute approximate surface area is 122 Å². The van der Waals surface area contributed by atoms with Crippen LogP contribution in [0, 0.1) is 0 Å². The number of nitrogens with zero attached hydrogens (tertiary/aromatic N) is 1. The summed E-state index contributed by atoms with van der Waals surface area (Å²) in [5, 5.41) is 0. The fourth-order valence-corrected chi connectivity index (χ4v) is 3.04. The van der Waals surface area contributed by atoms with E-state index in [0.717, 1.165) is 12.8 Å². The van der Waals surface area contributed by atoms with Crippen LogP contribution in [0.1, 0.15) is 47.0 Å². The van der Waals surface area contributed by atoms with Crippen LogP contribution >= 0.6 is 7.75 Å². The molecule has 0 aliphatic carbocycles. The Balaban J connectivity index is 4.76. The van der Waals surface area contributed by atoms with Crippen LogP contribution < -0.4 is 0 Å². The number of rotatable bonds is 10. The summed E-state index contributed by atoms with van der Waals surface area (Å²) in [6.45, 7) is 7.76. The number of ether oxygens (including phenoxy) is 1. The Bertz CT molecular complexity index is 333. The van der Waals surface area contributed by atoms with Crippen LogP contribution in [0.3, 0.4) is 0 Å². The highest BCUT2D eigenvalue weighted by atomic mass is 31.2. The minimum Gasteiger partial charge on any atom is -0.461 e. The number of carbonyl (C=O) groups is 1. The van der Waals surface area contributed by atoms with Gasteiger partial charge in [0, 0.05) is 7.11 Å². The minimum absolute atomic E-state index is 0.114. The molecule has 0 saturated carbocycles. The zero-order valence-electron chi connectivity index (χ0n) is 13.4. The van der Waals surface area contributed by atoms with Gasteiger partial charge in [-0.05, 0) is 33.2 Å². The zero-order chi connectivity index (χ0) is 15.8. The van der Waals surface area contributed by atoms with Crippen LogP contribution in [-0.2, 0) is 23.1 Å². The van der Waals surface area contributed by atoms with Crippen molar-refractivity contribution in [1.82, 2.24) is 4.67 Å². The minimum atomic E-state index is -3.45.